The maximum atomic E-state index is 12.2. The molecule has 3 aromatic carbocycles. The van der Waals surface area contributed by atoms with Gasteiger partial charge in [-0.3, -0.25) is 9.59 Å². The molecule has 0 aliphatic rings. The predicted molar refractivity (Wildman–Crippen MR) is 128 cm³/mol. The van der Waals surface area contributed by atoms with Crippen LogP contribution < -0.4 is 20.2 Å². The van der Waals surface area contributed by atoms with Gasteiger partial charge in [-0.1, -0.05) is 35.9 Å². The molecule has 0 aliphatic heterocycles. The van der Waals surface area contributed by atoms with Gasteiger partial charge in [-0.2, -0.15) is 5.10 Å². The quantitative estimate of drug-likeness (QED) is 0.347. The second kappa shape index (κ2) is 12.3. The summed E-state index contributed by atoms with van der Waals surface area (Å²) >= 11 is 5.90. The van der Waals surface area contributed by atoms with E-state index in [0.29, 0.717) is 40.9 Å². The minimum absolute atomic E-state index is 0.210. The average molecular weight is 466 g/mol. The van der Waals surface area contributed by atoms with Crippen LogP contribution in [0.3, 0.4) is 0 Å². The molecule has 0 bridgehead atoms. The number of hydrogen-bond acceptors (Lipinski definition) is 5. The van der Waals surface area contributed by atoms with Crippen molar-refractivity contribution in [2.24, 2.45) is 5.10 Å². The van der Waals surface area contributed by atoms with Crippen molar-refractivity contribution < 1.29 is 19.1 Å². The van der Waals surface area contributed by atoms with Crippen molar-refractivity contribution in [2.75, 3.05) is 13.2 Å². The summed E-state index contributed by atoms with van der Waals surface area (Å²) in [4.78, 5) is 24.2. The molecule has 33 heavy (non-hydrogen) atoms. The summed E-state index contributed by atoms with van der Waals surface area (Å²) < 4.78 is 11.2. The number of nitrogens with one attached hydrogen (secondary N) is 2. The van der Waals surface area contributed by atoms with E-state index in [1.165, 1.54) is 6.21 Å². The van der Waals surface area contributed by atoms with Crippen molar-refractivity contribution in [3.8, 4) is 11.5 Å². The van der Waals surface area contributed by atoms with Crippen LogP contribution in [0.15, 0.2) is 77.9 Å². The maximum absolute atomic E-state index is 12.2. The number of amides is 2. The van der Waals surface area contributed by atoms with Crippen LogP contribution in [0.2, 0.25) is 5.02 Å². The van der Waals surface area contributed by atoms with Crippen LogP contribution in [0.25, 0.3) is 0 Å². The van der Waals surface area contributed by atoms with E-state index in [1.807, 2.05) is 43.3 Å². The number of carbonyl (C=O) groups excluding carboxylic acids is 2. The van der Waals surface area contributed by atoms with Crippen LogP contribution in [-0.4, -0.2) is 31.2 Å². The van der Waals surface area contributed by atoms with Crippen molar-refractivity contribution in [1.29, 1.82) is 0 Å². The molecular weight excluding hydrogens is 442 g/mol. The largest absolute Gasteiger partial charge is 0.494 e. The highest BCUT2D eigenvalue weighted by molar-refractivity contribution is 6.30. The second-order valence-electron chi connectivity index (χ2n) is 6.89. The normalized spacial score (nSPS) is 10.6. The fourth-order valence-corrected chi connectivity index (χ4v) is 2.93. The van der Waals surface area contributed by atoms with E-state index < -0.39 is 5.91 Å². The minimum Gasteiger partial charge on any atom is -0.494 e. The molecule has 7 nitrogen and oxygen atoms in total. The predicted octanol–water partition coefficient (Wildman–Crippen LogP) is 4.20. The van der Waals surface area contributed by atoms with Gasteiger partial charge < -0.3 is 14.8 Å². The van der Waals surface area contributed by atoms with E-state index in [0.717, 1.165) is 5.56 Å². The molecule has 0 heterocycles. The van der Waals surface area contributed by atoms with E-state index in [1.54, 1.807) is 36.4 Å². The minimum atomic E-state index is -0.454. The van der Waals surface area contributed by atoms with Crippen LogP contribution in [0.5, 0.6) is 11.5 Å². The van der Waals surface area contributed by atoms with Crippen molar-refractivity contribution in [2.45, 2.75) is 13.5 Å². The molecule has 2 amide bonds. The van der Waals surface area contributed by atoms with Crippen LogP contribution in [-0.2, 0) is 11.4 Å². The zero-order valence-electron chi connectivity index (χ0n) is 18.1. The third kappa shape index (κ3) is 7.66. The molecular formula is C25H24ClN3O4. The Kier molecular flexibility index (Phi) is 8.85. The molecule has 0 spiro atoms. The molecule has 170 valence electrons. The summed E-state index contributed by atoms with van der Waals surface area (Å²) in [7, 11) is 0. The van der Waals surface area contributed by atoms with Gasteiger partial charge >= 0.3 is 0 Å². The van der Waals surface area contributed by atoms with Gasteiger partial charge in [0.2, 0.25) is 0 Å². The molecule has 0 fully saturated rings. The Labute approximate surface area is 197 Å². The van der Waals surface area contributed by atoms with Gasteiger partial charge in [0.1, 0.15) is 18.1 Å². The van der Waals surface area contributed by atoms with Crippen molar-refractivity contribution in [3.05, 3.63) is 94.5 Å². The molecule has 0 unspecified atom stereocenters. The van der Waals surface area contributed by atoms with Gasteiger partial charge in [-0.25, -0.2) is 5.43 Å². The lowest BCUT2D eigenvalue weighted by molar-refractivity contribution is -0.120. The summed E-state index contributed by atoms with van der Waals surface area (Å²) in [6.45, 7) is 2.59. The Morgan fingerprint density at radius 1 is 0.970 bits per heavy atom. The Morgan fingerprint density at radius 2 is 1.70 bits per heavy atom. The maximum Gasteiger partial charge on any atom is 0.259 e. The third-order valence-corrected chi connectivity index (χ3v) is 4.71. The number of hydrazone groups is 1. The zero-order chi connectivity index (χ0) is 23.5. The number of rotatable bonds is 10. The zero-order valence-corrected chi connectivity index (χ0v) is 18.8. The van der Waals surface area contributed by atoms with Gasteiger partial charge in [0.15, 0.2) is 0 Å². The van der Waals surface area contributed by atoms with Gasteiger partial charge in [0, 0.05) is 16.1 Å². The molecule has 0 saturated carbocycles. The SMILES string of the molecule is CCOc1ccc(C(=O)NCC(=O)N/N=C\c2ccccc2OCc2ccc(Cl)cc2)cc1. The van der Waals surface area contributed by atoms with Gasteiger partial charge in [0.25, 0.3) is 11.8 Å². The van der Waals surface area contributed by atoms with Crippen LogP contribution in [0.4, 0.5) is 0 Å². The number of para-hydroxylation sites is 1. The van der Waals surface area contributed by atoms with Gasteiger partial charge in [0.05, 0.1) is 19.4 Å². The summed E-state index contributed by atoms with van der Waals surface area (Å²) in [6.07, 6.45) is 1.49. The van der Waals surface area contributed by atoms with Crippen LogP contribution >= 0.6 is 11.6 Å². The Hall–Kier alpha value is -3.84. The highest BCUT2D eigenvalue weighted by Crippen LogP contribution is 2.18. The number of halogens is 1. The molecule has 0 aliphatic carbocycles. The van der Waals surface area contributed by atoms with Crippen molar-refractivity contribution >= 4 is 29.6 Å². The first kappa shape index (κ1) is 23.8. The van der Waals surface area contributed by atoms with Crippen LogP contribution in [0, 0.1) is 0 Å². The monoisotopic (exact) mass is 465 g/mol. The summed E-state index contributed by atoms with van der Waals surface area (Å²) in [5.74, 6) is 0.482. The molecule has 8 heteroatoms. The first-order valence-electron chi connectivity index (χ1n) is 10.3. The van der Waals surface area contributed by atoms with Crippen LogP contribution in [0.1, 0.15) is 28.4 Å². The van der Waals surface area contributed by atoms with Gasteiger partial charge in [-0.05, 0) is 61.0 Å². The highest BCUT2D eigenvalue weighted by Gasteiger charge is 2.08. The standard InChI is InChI=1S/C25H24ClN3O4/c1-2-32-22-13-9-19(10-14-22)25(31)27-16-24(30)29-28-15-20-5-3-4-6-23(20)33-17-18-7-11-21(26)12-8-18/h3-15H,2,16-17H2,1H3,(H,27,31)(H,29,30)/b28-15-. The lowest BCUT2D eigenvalue weighted by Crippen LogP contribution is -2.34. The number of ether oxygens (including phenoxy) is 2. The second-order valence-corrected chi connectivity index (χ2v) is 7.32. The number of nitrogens with zero attached hydrogens (tertiary/aromatic N) is 1. The fraction of sp³-hybridized carbons (Fsp3) is 0.160. The smallest absolute Gasteiger partial charge is 0.259 e. The molecule has 0 radical (unpaired) electrons. The first-order valence-corrected chi connectivity index (χ1v) is 10.7. The number of hydrogen-bond donors (Lipinski definition) is 2. The average Bonchev–Trinajstić information content (AvgIpc) is 2.83. The van der Waals surface area contributed by atoms with E-state index in [-0.39, 0.29) is 12.5 Å². The van der Waals surface area contributed by atoms with Gasteiger partial charge in [-0.15, -0.1) is 0 Å². The van der Waals surface area contributed by atoms with E-state index in [2.05, 4.69) is 15.8 Å². The van der Waals surface area contributed by atoms with E-state index in [4.69, 9.17) is 21.1 Å². The number of carbonyl (C=O) groups is 2. The van der Waals surface area contributed by atoms with E-state index >= 15 is 0 Å². The molecule has 0 saturated heterocycles. The van der Waals surface area contributed by atoms with Crippen molar-refractivity contribution in [1.82, 2.24) is 10.7 Å². The third-order valence-electron chi connectivity index (χ3n) is 4.46. The lowest BCUT2D eigenvalue weighted by Gasteiger charge is -2.09. The summed E-state index contributed by atoms with van der Waals surface area (Å²) in [5.41, 5.74) is 4.50. The number of benzene rings is 3. The Bertz CT molecular complexity index is 1100. The topological polar surface area (TPSA) is 89.0 Å². The highest BCUT2D eigenvalue weighted by atomic mass is 35.5. The molecule has 3 aromatic rings. The molecule has 2 N–H and O–H groups in total. The summed E-state index contributed by atoms with van der Waals surface area (Å²) in [5, 5.41) is 7.18. The molecule has 0 atom stereocenters. The Balaban J connectivity index is 1.47. The van der Waals surface area contributed by atoms with Crippen molar-refractivity contribution in [3.63, 3.8) is 0 Å². The fourth-order valence-electron chi connectivity index (χ4n) is 2.81. The first-order chi connectivity index (χ1) is 16.0. The summed E-state index contributed by atoms with van der Waals surface area (Å²) in [6, 6.07) is 21.4. The van der Waals surface area contributed by atoms with E-state index in [9.17, 15) is 9.59 Å². The lowest BCUT2D eigenvalue weighted by atomic mass is 10.2. The molecule has 3 rings (SSSR count). The molecule has 0 aromatic heterocycles. The Morgan fingerprint density at radius 3 is 2.42 bits per heavy atom.